The third-order valence-electron chi connectivity index (χ3n) is 3.10. The lowest BCUT2D eigenvalue weighted by Crippen LogP contribution is -2.29. The number of nitrogens with one attached hydrogen (secondary N) is 1. The predicted octanol–water partition coefficient (Wildman–Crippen LogP) is -0.733. The van der Waals surface area contributed by atoms with Crippen LogP contribution in [0.15, 0.2) is 0 Å². The summed E-state index contributed by atoms with van der Waals surface area (Å²) in [6.45, 7) is 0.770. The fourth-order valence-electron chi connectivity index (χ4n) is 2.14. The second kappa shape index (κ2) is 5.30. The highest BCUT2D eigenvalue weighted by Gasteiger charge is 2.30. The number of hydrogen-bond donors (Lipinski definition) is 1. The van der Waals surface area contributed by atoms with Gasteiger partial charge in [-0.15, -0.1) is 0 Å². The van der Waals surface area contributed by atoms with Crippen molar-refractivity contribution in [3.05, 3.63) is 17.0 Å². The minimum absolute atomic E-state index is 0.108. The van der Waals surface area contributed by atoms with Crippen LogP contribution in [0.25, 0.3) is 0 Å². The Hall–Kier alpha value is -1.41. The van der Waals surface area contributed by atoms with Crippen molar-refractivity contribution < 1.29 is 17.9 Å². The Kier molecular flexibility index (Phi) is 3.91. The Bertz CT molecular complexity index is 591. The first-order chi connectivity index (χ1) is 8.94. The van der Waals surface area contributed by atoms with E-state index < -0.39 is 9.84 Å². The van der Waals surface area contributed by atoms with Crippen molar-refractivity contribution in [3.8, 4) is 0 Å². The van der Waals surface area contributed by atoms with Crippen LogP contribution in [0.3, 0.4) is 0 Å². The average Bonchev–Trinajstić information content (AvgIpc) is 2.65. The molecule has 19 heavy (non-hydrogen) atoms. The van der Waals surface area contributed by atoms with Crippen molar-refractivity contribution in [2.75, 3.05) is 26.0 Å². The fourth-order valence-corrected chi connectivity index (χ4v) is 3.54. The molecule has 0 saturated carbocycles. The van der Waals surface area contributed by atoms with Gasteiger partial charge in [-0.05, 0) is 0 Å². The molecule has 0 bridgehead atoms. The highest BCUT2D eigenvalue weighted by molar-refractivity contribution is 7.90. The van der Waals surface area contributed by atoms with Gasteiger partial charge in [-0.1, -0.05) is 0 Å². The summed E-state index contributed by atoms with van der Waals surface area (Å²) in [5.74, 6) is -0.348. The lowest BCUT2D eigenvalue weighted by molar-refractivity contribution is 0.0930. The zero-order valence-electron chi connectivity index (χ0n) is 11.0. The number of nitrogens with zero attached hydrogens (tertiary/aromatic N) is 2. The van der Waals surface area contributed by atoms with Crippen molar-refractivity contribution in [2.45, 2.75) is 12.2 Å². The number of ether oxygens (including phenoxy) is 1. The van der Waals surface area contributed by atoms with Crippen molar-refractivity contribution >= 4 is 15.7 Å². The van der Waals surface area contributed by atoms with Gasteiger partial charge in [0.2, 0.25) is 0 Å². The van der Waals surface area contributed by atoms with Crippen LogP contribution in [-0.2, 0) is 33.8 Å². The summed E-state index contributed by atoms with van der Waals surface area (Å²) in [4.78, 5) is 12.0. The van der Waals surface area contributed by atoms with Crippen LogP contribution < -0.4 is 5.32 Å². The highest BCUT2D eigenvalue weighted by Crippen LogP contribution is 2.23. The maximum Gasteiger partial charge on any atom is 0.272 e. The molecular formula is C11H17N3O4S. The van der Waals surface area contributed by atoms with E-state index >= 15 is 0 Å². The topological polar surface area (TPSA) is 90.3 Å². The van der Waals surface area contributed by atoms with E-state index in [1.54, 1.807) is 18.8 Å². The average molecular weight is 287 g/mol. The summed E-state index contributed by atoms with van der Waals surface area (Å²) in [7, 11) is 0.146. The van der Waals surface area contributed by atoms with Crippen molar-refractivity contribution in [3.63, 3.8) is 0 Å². The minimum Gasteiger partial charge on any atom is -0.383 e. The summed E-state index contributed by atoms with van der Waals surface area (Å²) >= 11 is 0. The molecule has 1 aliphatic heterocycles. The lowest BCUT2D eigenvalue weighted by atomic mass is 10.1. The van der Waals surface area contributed by atoms with Gasteiger partial charge < -0.3 is 10.1 Å². The predicted molar refractivity (Wildman–Crippen MR) is 68.6 cm³/mol. The molecule has 0 radical (unpaired) electrons. The van der Waals surface area contributed by atoms with E-state index in [9.17, 15) is 13.2 Å². The van der Waals surface area contributed by atoms with Gasteiger partial charge in [0.1, 0.15) is 0 Å². The van der Waals surface area contributed by atoms with Gasteiger partial charge in [0, 0.05) is 38.4 Å². The van der Waals surface area contributed by atoms with Gasteiger partial charge in [-0.2, -0.15) is 5.10 Å². The van der Waals surface area contributed by atoms with Gasteiger partial charge >= 0.3 is 0 Å². The Morgan fingerprint density at radius 3 is 2.95 bits per heavy atom. The summed E-state index contributed by atoms with van der Waals surface area (Å²) in [6.07, 6.45) is 0.409. The number of methoxy groups -OCH3 is 1. The number of hydrogen-bond acceptors (Lipinski definition) is 5. The number of carbonyl (C=O) groups is 1. The van der Waals surface area contributed by atoms with E-state index in [0.717, 1.165) is 5.69 Å². The van der Waals surface area contributed by atoms with Gasteiger partial charge in [0.15, 0.2) is 15.5 Å². The molecule has 0 atom stereocenters. The Morgan fingerprint density at radius 2 is 2.26 bits per heavy atom. The molecule has 1 aromatic heterocycles. The first kappa shape index (κ1) is 14.0. The molecule has 106 valence electrons. The zero-order valence-corrected chi connectivity index (χ0v) is 11.8. The Labute approximate surface area is 111 Å². The Morgan fingerprint density at radius 1 is 1.53 bits per heavy atom. The fraction of sp³-hybridized carbons (Fsp3) is 0.636. The molecule has 0 unspecified atom stereocenters. The quantitative estimate of drug-likeness (QED) is 0.737. The van der Waals surface area contributed by atoms with Gasteiger partial charge in [0.25, 0.3) is 5.91 Å². The normalized spacial score (nSPS) is 16.9. The molecule has 2 heterocycles. The van der Waals surface area contributed by atoms with Crippen LogP contribution in [0, 0.1) is 0 Å². The maximum absolute atomic E-state index is 12.0. The zero-order chi connectivity index (χ0) is 14.0. The molecule has 1 N–H and O–H groups in total. The highest BCUT2D eigenvalue weighted by atomic mass is 32.2. The van der Waals surface area contributed by atoms with E-state index in [-0.39, 0.29) is 23.1 Å². The second-order valence-corrected chi connectivity index (χ2v) is 6.67. The van der Waals surface area contributed by atoms with Crippen LogP contribution in [0.1, 0.15) is 21.7 Å². The number of carbonyl (C=O) groups excluding carboxylic acids is 1. The van der Waals surface area contributed by atoms with Crippen molar-refractivity contribution in [2.24, 2.45) is 7.05 Å². The number of aryl methyl sites for hydroxylation is 1. The van der Waals surface area contributed by atoms with Gasteiger partial charge in [0.05, 0.1) is 18.1 Å². The molecule has 8 heteroatoms. The summed E-state index contributed by atoms with van der Waals surface area (Å²) < 4.78 is 29.8. The van der Waals surface area contributed by atoms with E-state index in [1.807, 2.05) is 0 Å². The molecule has 0 aromatic carbocycles. The summed E-state index contributed by atoms with van der Waals surface area (Å²) in [5, 5.41) is 6.79. The molecule has 1 aliphatic rings. The molecule has 1 amide bonds. The first-order valence-electron chi connectivity index (χ1n) is 5.97. The van der Waals surface area contributed by atoms with Crippen LogP contribution in [0.4, 0.5) is 0 Å². The van der Waals surface area contributed by atoms with E-state index in [2.05, 4.69) is 10.4 Å². The number of sulfone groups is 1. The molecule has 0 aliphatic carbocycles. The second-order valence-electron chi connectivity index (χ2n) is 4.49. The van der Waals surface area contributed by atoms with E-state index in [0.29, 0.717) is 25.1 Å². The molecule has 0 saturated heterocycles. The third kappa shape index (κ3) is 2.95. The molecule has 1 aromatic rings. The van der Waals surface area contributed by atoms with E-state index in [4.69, 9.17) is 4.74 Å². The van der Waals surface area contributed by atoms with Crippen molar-refractivity contribution in [1.29, 1.82) is 0 Å². The van der Waals surface area contributed by atoms with Gasteiger partial charge in [-0.25, -0.2) is 8.42 Å². The lowest BCUT2D eigenvalue weighted by Gasteiger charge is -2.13. The van der Waals surface area contributed by atoms with Crippen LogP contribution in [0.2, 0.25) is 0 Å². The number of aromatic nitrogens is 2. The monoisotopic (exact) mass is 287 g/mol. The first-order valence-corrected chi connectivity index (χ1v) is 7.79. The Balaban J connectivity index is 2.25. The van der Waals surface area contributed by atoms with E-state index in [1.165, 1.54) is 0 Å². The number of rotatable bonds is 4. The standard InChI is InChI=1S/C11H17N3O4S/c1-14-9-3-6-19(16,17)7-8(9)10(13-14)11(15)12-4-5-18-2/h3-7H2,1-2H3,(H,12,15). The van der Waals surface area contributed by atoms with Gasteiger partial charge in [-0.3, -0.25) is 9.48 Å². The number of amides is 1. The molecule has 7 nitrogen and oxygen atoms in total. The third-order valence-corrected chi connectivity index (χ3v) is 4.65. The summed E-state index contributed by atoms with van der Waals surface area (Å²) in [5.41, 5.74) is 1.56. The SMILES string of the molecule is COCCNC(=O)c1nn(C)c2c1CS(=O)(=O)CC2. The van der Waals surface area contributed by atoms with Crippen LogP contribution >= 0.6 is 0 Å². The van der Waals surface area contributed by atoms with Crippen LogP contribution in [-0.4, -0.2) is 50.1 Å². The summed E-state index contributed by atoms with van der Waals surface area (Å²) in [6, 6.07) is 0. The van der Waals surface area contributed by atoms with Crippen molar-refractivity contribution in [1.82, 2.24) is 15.1 Å². The molecule has 2 rings (SSSR count). The van der Waals surface area contributed by atoms with Crippen LogP contribution in [0.5, 0.6) is 0 Å². The minimum atomic E-state index is -3.12. The molecule has 0 spiro atoms. The largest absolute Gasteiger partial charge is 0.383 e. The smallest absolute Gasteiger partial charge is 0.272 e. The number of fused-ring (bicyclic) bond motifs is 1. The molecule has 0 fully saturated rings. The molecular weight excluding hydrogens is 270 g/mol. The maximum atomic E-state index is 12.0.